The van der Waals surface area contributed by atoms with Crippen LogP contribution in [0.5, 0.6) is 5.75 Å². The second-order valence-corrected chi connectivity index (χ2v) is 7.29. The SMILES string of the molecule is CC(=O)Nc1ccc2nc(NC(=O)C(C)(C)Oc3ccccc3)sc2c1. The number of ether oxygens (including phenoxy) is 1. The molecule has 3 rings (SSSR count). The average molecular weight is 369 g/mol. The molecule has 1 aromatic heterocycles. The number of carbonyl (C=O) groups is 2. The molecule has 0 fully saturated rings. The number of aromatic nitrogens is 1. The van der Waals surface area contributed by atoms with E-state index in [0.717, 1.165) is 10.2 Å². The second-order valence-electron chi connectivity index (χ2n) is 6.26. The van der Waals surface area contributed by atoms with Crippen molar-refractivity contribution in [1.82, 2.24) is 4.98 Å². The van der Waals surface area contributed by atoms with Crippen LogP contribution in [-0.4, -0.2) is 22.4 Å². The molecule has 2 N–H and O–H groups in total. The van der Waals surface area contributed by atoms with E-state index in [9.17, 15) is 9.59 Å². The maximum absolute atomic E-state index is 12.6. The first-order valence-electron chi connectivity index (χ1n) is 8.07. The Bertz CT molecular complexity index is 951. The Morgan fingerprint density at radius 3 is 2.50 bits per heavy atom. The summed E-state index contributed by atoms with van der Waals surface area (Å²) in [6.07, 6.45) is 0. The number of rotatable bonds is 5. The number of amides is 2. The summed E-state index contributed by atoms with van der Waals surface area (Å²) >= 11 is 1.34. The van der Waals surface area contributed by atoms with Crippen LogP contribution in [0.3, 0.4) is 0 Å². The summed E-state index contributed by atoms with van der Waals surface area (Å²) in [5.74, 6) is 0.196. The van der Waals surface area contributed by atoms with Gasteiger partial charge in [0.25, 0.3) is 5.91 Å². The van der Waals surface area contributed by atoms with Crippen molar-refractivity contribution in [2.24, 2.45) is 0 Å². The van der Waals surface area contributed by atoms with E-state index >= 15 is 0 Å². The van der Waals surface area contributed by atoms with Crippen molar-refractivity contribution in [1.29, 1.82) is 0 Å². The highest BCUT2D eigenvalue weighted by Gasteiger charge is 2.30. The fourth-order valence-electron chi connectivity index (χ4n) is 2.34. The van der Waals surface area contributed by atoms with Crippen LogP contribution in [0.15, 0.2) is 48.5 Å². The van der Waals surface area contributed by atoms with Crippen LogP contribution in [0.1, 0.15) is 20.8 Å². The van der Waals surface area contributed by atoms with Gasteiger partial charge in [-0.15, -0.1) is 0 Å². The summed E-state index contributed by atoms with van der Waals surface area (Å²) in [7, 11) is 0. The van der Waals surface area contributed by atoms with E-state index in [4.69, 9.17) is 4.74 Å². The third kappa shape index (κ3) is 4.18. The van der Waals surface area contributed by atoms with Crippen molar-refractivity contribution in [2.75, 3.05) is 10.6 Å². The number of thiazole rings is 1. The van der Waals surface area contributed by atoms with Gasteiger partial charge in [0.05, 0.1) is 10.2 Å². The van der Waals surface area contributed by atoms with Crippen molar-refractivity contribution in [3.05, 3.63) is 48.5 Å². The first kappa shape index (κ1) is 17.9. The topological polar surface area (TPSA) is 80.3 Å². The number of nitrogens with one attached hydrogen (secondary N) is 2. The Hall–Kier alpha value is -2.93. The van der Waals surface area contributed by atoms with E-state index in [2.05, 4.69) is 15.6 Å². The van der Waals surface area contributed by atoms with Crippen LogP contribution in [0.25, 0.3) is 10.2 Å². The molecule has 2 aromatic carbocycles. The van der Waals surface area contributed by atoms with E-state index in [1.54, 1.807) is 38.1 Å². The minimum atomic E-state index is -1.06. The molecular formula is C19H19N3O3S. The predicted molar refractivity (Wildman–Crippen MR) is 104 cm³/mol. The molecule has 0 bridgehead atoms. The lowest BCUT2D eigenvalue weighted by Crippen LogP contribution is -2.42. The van der Waals surface area contributed by atoms with E-state index < -0.39 is 5.60 Å². The fourth-order valence-corrected chi connectivity index (χ4v) is 3.24. The monoisotopic (exact) mass is 369 g/mol. The number of hydrogen-bond acceptors (Lipinski definition) is 5. The second kappa shape index (κ2) is 7.13. The summed E-state index contributed by atoms with van der Waals surface area (Å²) in [4.78, 5) is 28.2. The molecular weight excluding hydrogens is 350 g/mol. The van der Waals surface area contributed by atoms with Crippen LogP contribution in [0.2, 0.25) is 0 Å². The number of carbonyl (C=O) groups excluding carboxylic acids is 2. The lowest BCUT2D eigenvalue weighted by Gasteiger charge is -2.24. The Kier molecular flexibility index (Phi) is 4.90. The minimum Gasteiger partial charge on any atom is -0.478 e. The highest BCUT2D eigenvalue weighted by Crippen LogP contribution is 2.29. The van der Waals surface area contributed by atoms with Gasteiger partial charge < -0.3 is 10.1 Å². The lowest BCUT2D eigenvalue weighted by atomic mass is 10.1. The Morgan fingerprint density at radius 1 is 1.08 bits per heavy atom. The number of fused-ring (bicyclic) bond motifs is 1. The van der Waals surface area contributed by atoms with E-state index in [0.29, 0.717) is 16.6 Å². The van der Waals surface area contributed by atoms with Crippen molar-refractivity contribution in [3.8, 4) is 5.75 Å². The molecule has 0 atom stereocenters. The van der Waals surface area contributed by atoms with Gasteiger partial charge in [-0.3, -0.25) is 14.9 Å². The summed E-state index contributed by atoms with van der Waals surface area (Å²) in [6.45, 7) is 4.87. The van der Waals surface area contributed by atoms with Crippen molar-refractivity contribution in [3.63, 3.8) is 0 Å². The smallest absolute Gasteiger partial charge is 0.269 e. The predicted octanol–water partition coefficient (Wildman–Crippen LogP) is 4.05. The molecule has 0 saturated heterocycles. The summed E-state index contributed by atoms with van der Waals surface area (Å²) in [5, 5.41) is 6.02. The third-order valence-corrected chi connectivity index (χ3v) is 4.53. The molecule has 134 valence electrons. The standard InChI is InChI=1S/C19H19N3O3S/c1-12(23)20-13-9-10-15-16(11-13)26-18(21-15)22-17(24)19(2,3)25-14-7-5-4-6-8-14/h4-11H,1-3H3,(H,20,23)(H,21,22,24). The number of hydrogen-bond donors (Lipinski definition) is 2. The van der Waals surface area contributed by atoms with E-state index in [1.807, 2.05) is 24.3 Å². The molecule has 0 spiro atoms. The minimum absolute atomic E-state index is 0.137. The number of anilines is 2. The van der Waals surface area contributed by atoms with E-state index in [1.165, 1.54) is 18.3 Å². The lowest BCUT2D eigenvalue weighted by molar-refractivity contribution is -0.128. The van der Waals surface area contributed by atoms with Gasteiger partial charge in [0.1, 0.15) is 5.75 Å². The molecule has 0 saturated carbocycles. The zero-order chi connectivity index (χ0) is 18.7. The van der Waals surface area contributed by atoms with Gasteiger partial charge in [0, 0.05) is 12.6 Å². The molecule has 0 unspecified atom stereocenters. The quantitative estimate of drug-likeness (QED) is 0.711. The molecule has 0 aliphatic rings. The zero-order valence-electron chi connectivity index (χ0n) is 14.7. The van der Waals surface area contributed by atoms with Crippen LogP contribution in [0, 0.1) is 0 Å². The van der Waals surface area contributed by atoms with Crippen molar-refractivity contribution >= 4 is 44.2 Å². The van der Waals surface area contributed by atoms with Gasteiger partial charge in [-0.25, -0.2) is 4.98 Å². The maximum Gasteiger partial charge on any atom is 0.269 e. The molecule has 0 aliphatic carbocycles. The summed E-state index contributed by atoms with van der Waals surface area (Å²) < 4.78 is 6.66. The molecule has 26 heavy (non-hydrogen) atoms. The Labute approximate surface area is 155 Å². The molecule has 0 aliphatic heterocycles. The summed E-state index contributed by atoms with van der Waals surface area (Å²) in [5.41, 5.74) is 0.390. The first-order chi connectivity index (χ1) is 12.3. The normalized spacial score (nSPS) is 11.2. The first-order valence-corrected chi connectivity index (χ1v) is 8.89. The van der Waals surface area contributed by atoms with E-state index in [-0.39, 0.29) is 11.8 Å². The van der Waals surface area contributed by atoms with Crippen molar-refractivity contribution in [2.45, 2.75) is 26.4 Å². The highest BCUT2D eigenvalue weighted by molar-refractivity contribution is 7.22. The van der Waals surface area contributed by atoms with Crippen LogP contribution >= 0.6 is 11.3 Å². The van der Waals surface area contributed by atoms with Gasteiger partial charge in [0.15, 0.2) is 10.7 Å². The Balaban J connectivity index is 1.75. The zero-order valence-corrected chi connectivity index (χ0v) is 15.5. The van der Waals surface area contributed by atoms with Crippen LogP contribution < -0.4 is 15.4 Å². The molecule has 6 nitrogen and oxygen atoms in total. The van der Waals surface area contributed by atoms with Crippen LogP contribution in [-0.2, 0) is 9.59 Å². The molecule has 3 aromatic rings. The molecule has 7 heteroatoms. The number of para-hydroxylation sites is 1. The van der Waals surface area contributed by atoms with Gasteiger partial charge >= 0.3 is 0 Å². The molecule has 1 heterocycles. The van der Waals surface area contributed by atoms with Gasteiger partial charge in [-0.05, 0) is 44.2 Å². The third-order valence-electron chi connectivity index (χ3n) is 3.59. The Morgan fingerprint density at radius 2 is 1.81 bits per heavy atom. The van der Waals surface area contributed by atoms with Gasteiger partial charge in [0.2, 0.25) is 5.91 Å². The van der Waals surface area contributed by atoms with Crippen molar-refractivity contribution < 1.29 is 14.3 Å². The number of benzene rings is 2. The largest absolute Gasteiger partial charge is 0.478 e. The fraction of sp³-hybridized carbons (Fsp3) is 0.211. The van der Waals surface area contributed by atoms with Gasteiger partial charge in [-0.1, -0.05) is 29.5 Å². The number of nitrogens with zero attached hydrogens (tertiary/aromatic N) is 1. The molecule has 2 amide bonds. The molecule has 0 radical (unpaired) electrons. The summed E-state index contributed by atoms with van der Waals surface area (Å²) in [6, 6.07) is 14.6. The highest BCUT2D eigenvalue weighted by atomic mass is 32.1. The van der Waals surface area contributed by atoms with Crippen LogP contribution in [0.4, 0.5) is 10.8 Å². The average Bonchev–Trinajstić information content (AvgIpc) is 2.96. The van der Waals surface area contributed by atoms with Gasteiger partial charge in [-0.2, -0.15) is 0 Å². The maximum atomic E-state index is 12.6.